The predicted octanol–water partition coefficient (Wildman–Crippen LogP) is 4.17. The van der Waals surface area contributed by atoms with Gasteiger partial charge in [-0.3, -0.25) is 9.59 Å². The number of hydrogen-bond donors (Lipinski definition) is 2. The van der Waals surface area contributed by atoms with E-state index in [1.54, 1.807) is 7.11 Å². The number of H-pyrrole nitrogens is 1. The second-order valence-electron chi connectivity index (χ2n) is 6.85. The highest BCUT2D eigenvalue weighted by molar-refractivity contribution is 7.98. The Morgan fingerprint density at radius 1 is 1.19 bits per heavy atom. The predicted molar refractivity (Wildman–Crippen MR) is 124 cm³/mol. The Hall–Kier alpha value is -3.17. The quantitative estimate of drug-likeness (QED) is 0.323. The normalized spacial score (nSPS) is 10.9. The number of aromatic nitrogens is 3. The molecule has 0 aliphatic carbocycles. The van der Waals surface area contributed by atoms with Crippen LogP contribution in [-0.4, -0.2) is 28.0 Å². The number of carbonyl (C=O) groups excluding carboxylic acids is 1. The topological polar surface area (TPSA) is 97.0 Å². The lowest BCUT2D eigenvalue weighted by Gasteiger charge is -2.06. The summed E-state index contributed by atoms with van der Waals surface area (Å²) in [4.78, 5) is 36.2. The average molecular weight is 453 g/mol. The number of hydrogen-bond acceptors (Lipinski definition) is 7. The average Bonchev–Trinajstić information content (AvgIpc) is 3.15. The maximum Gasteiger partial charge on any atom is 0.251 e. The van der Waals surface area contributed by atoms with Crippen LogP contribution in [-0.2, 0) is 17.0 Å². The highest BCUT2D eigenvalue weighted by Gasteiger charge is 2.12. The molecule has 0 bridgehead atoms. The molecule has 2 N–H and O–H groups in total. The van der Waals surface area contributed by atoms with Crippen LogP contribution in [0.4, 0.5) is 5.13 Å². The summed E-state index contributed by atoms with van der Waals surface area (Å²) < 4.78 is 6.25. The highest BCUT2D eigenvalue weighted by Crippen LogP contribution is 2.28. The number of ether oxygens (including phenoxy) is 1. The molecule has 7 nitrogen and oxygen atoms in total. The Kier molecular flexibility index (Phi) is 6.34. The molecule has 0 spiro atoms. The number of carbonyl (C=O) groups is 1. The number of thioether (sulfide) groups is 1. The van der Waals surface area contributed by atoms with Crippen LogP contribution >= 0.6 is 23.1 Å². The summed E-state index contributed by atoms with van der Waals surface area (Å²) >= 11 is 2.81. The first-order valence-electron chi connectivity index (χ1n) is 9.52. The maximum atomic E-state index is 12.5. The van der Waals surface area contributed by atoms with Crippen molar-refractivity contribution in [2.45, 2.75) is 24.3 Å². The number of amides is 1. The van der Waals surface area contributed by atoms with Gasteiger partial charge < -0.3 is 15.0 Å². The first-order chi connectivity index (χ1) is 15.0. The number of benzene rings is 2. The number of methoxy groups -OCH3 is 1. The number of nitrogens with zero attached hydrogens (tertiary/aromatic N) is 2. The van der Waals surface area contributed by atoms with E-state index in [1.807, 2.05) is 49.4 Å². The molecule has 2 aromatic heterocycles. The number of aromatic amines is 1. The minimum atomic E-state index is -0.290. The van der Waals surface area contributed by atoms with Crippen LogP contribution in [0, 0.1) is 6.92 Å². The number of rotatable bonds is 7. The second-order valence-corrected chi connectivity index (χ2v) is 8.84. The lowest BCUT2D eigenvalue weighted by molar-refractivity contribution is -0.115. The molecule has 158 valence electrons. The highest BCUT2D eigenvalue weighted by atomic mass is 32.2. The van der Waals surface area contributed by atoms with Crippen molar-refractivity contribution < 1.29 is 9.53 Å². The molecule has 0 saturated heterocycles. The van der Waals surface area contributed by atoms with Gasteiger partial charge in [-0.25, -0.2) is 9.97 Å². The van der Waals surface area contributed by atoms with Gasteiger partial charge in [0.2, 0.25) is 5.91 Å². The third-order valence-electron chi connectivity index (χ3n) is 4.49. The summed E-state index contributed by atoms with van der Waals surface area (Å²) in [5.74, 6) is 1.12. The molecule has 0 atom stereocenters. The minimum Gasteiger partial charge on any atom is -0.497 e. The van der Waals surface area contributed by atoms with E-state index in [4.69, 9.17) is 4.74 Å². The van der Waals surface area contributed by atoms with Crippen LogP contribution in [0.2, 0.25) is 0 Å². The molecule has 0 aliphatic heterocycles. The van der Waals surface area contributed by atoms with Gasteiger partial charge in [0.05, 0.1) is 29.4 Å². The molecule has 0 aliphatic rings. The molecule has 0 radical (unpaired) electrons. The third-order valence-corrected chi connectivity index (χ3v) is 6.37. The summed E-state index contributed by atoms with van der Waals surface area (Å²) in [5.41, 5.74) is 3.10. The van der Waals surface area contributed by atoms with E-state index in [2.05, 4.69) is 20.3 Å². The molecule has 1 amide bonds. The van der Waals surface area contributed by atoms with Crippen molar-refractivity contribution in [2.75, 3.05) is 12.4 Å². The maximum absolute atomic E-state index is 12.5. The van der Waals surface area contributed by atoms with E-state index < -0.39 is 0 Å². The Bertz CT molecular complexity index is 1300. The Morgan fingerprint density at radius 2 is 2.03 bits per heavy atom. The lowest BCUT2D eigenvalue weighted by atomic mass is 10.2. The first-order valence-corrected chi connectivity index (χ1v) is 11.3. The van der Waals surface area contributed by atoms with Gasteiger partial charge in [-0.05, 0) is 36.2 Å². The number of fused-ring (bicyclic) bond motifs is 1. The fourth-order valence-electron chi connectivity index (χ4n) is 3.02. The number of thiazole rings is 1. The summed E-state index contributed by atoms with van der Waals surface area (Å²) in [5, 5.41) is 3.81. The van der Waals surface area contributed by atoms with E-state index >= 15 is 0 Å². The van der Waals surface area contributed by atoms with Gasteiger partial charge >= 0.3 is 0 Å². The molecule has 9 heteroatoms. The summed E-state index contributed by atoms with van der Waals surface area (Å²) in [6, 6.07) is 15.0. The number of para-hydroxylation sites is 1. The number of nitrogens with one attached hydrogen (secondary N) is 2. The van der Waals surface area contributed by atoms with Gasteiger partial charge in [0.1, 0.15) is 5.75 Å². The Balaban J connectivity index is 1.43. The first kappa shape index (κ1) is 21.1. The van der Waals surface area contributed by atoms with Crippen LogP contribution < -0.4 is 15.6 Å². The third kappa shape index (κ3) is 5.31. The monoisotopic (exact) mass is 452 g/mol. The summed E-state index contributed by atoms with van der Waals surface area (Å²) in [7, 11) is 1.62. The number of aryl methyl sites for hydroxylation is 1. The minimum absolute atomic E-state index is 0.00839. The van der Waals surface area contributed by atoms with Crippen molar-refractivity contribution in [3.8, 4) is 5.75 Å². The molecular formula is C22H20N4O3S2. The van der Waals surface area contributed by atoms with Crippen molar-refractivity contribution >= 4 is 44.4 Å². The molecule has 4 aromatic rings. The van der Waals surface area contributed by atoms with Crippen molar-refractivity contribution in [3.05, 3.63) is 75.7 Å². The van der Waals surface area contributed by atoms with Crippen molar-refractivity contribution in [1.29, 1.82) is 0 Å². The fraction of sp³-hybridized carbons (Fsp3) is 0.182. The van der Waals surface area contributed by atoms with Crippen molar-refractivity contribution in [2.24, 2.45) is 0 Å². The zero-order valence-corrected chi connectivity index (χ0v) is 18.6. The standard InChI is InChI=1S/C22H20N4O3S2/c1-13-5-3-8-17-20(13)26-22(31-17)25-19(28)11-15-10-18(27)24-21(23-15)30-12-14-6-4-7-16(9-14)29-2/h3-10H,11-12H2,1-2H3,(H,23,24,27)(H,25,26,28). The van der Waals surface area contributed by atoms with Gasteiger partial charge in [-0.1, -0.05) is 47.4 Å². The van der Waals surface area contributed by atoms with E-state index in [-0.39, 0.29) is 17.9 Å². The number of anilines is 1. The molecule has 31 heavy (non-hydrogen) atoms. The van der Waals surface area contributed by atoms with Crippen molar-refractivity contribution in [1.82, 2.24) is 15.0 Å². The van der Waals surface area contributed by atoms with Gasteiger partial charge in [0, 0.05) is 11.8 Å². The zero-order valence-electron chi connectivity index (χ0n) is 17.0. The molecule has 2 aromatic carbocycles. The smallest absolute Gasteiger partial charge is 0.251 e. The van der Waals surface area contributed by atoms with E-state index in [0.717, 1.165) is 27.1 Å². The van der Waals surface area contributed by atoms with Gasteiger partial charge in [-0.2, -0.15) is 0 Å². The summed E-state index contributed by atoms with van der Waals surface area (Å²) in [6.45, 7) is 1.98. The molecule has 0 saturated carbocycles. The van der Waals surface area contributed by atoms with Crippen LogP contribution in [0.5, 0.6) is 5.75 Å². The van der Waals surface area contributed by atoms with Gasteiger partial charge in [0.25, 0.3) is 5.56 Å². The zero-order chi connectivity index (χ0) is 21.8. The van der Waals surface area contributed by atoms with Crippen LogP contribution in [0.25, 0.3) is 10.2 Å². The second kappa shape index (κ2) is 9.32. The molecule has 4 rings (SSSR count). The largest absolute Gasteiger partial charge is 0.497 e. The molecular weight excluding hydrogens is 432 g/mol. The summed E-state index contributed by atoms with van der Waals surface area (Å²) in [6.07, 6.45) is -0.00839. The molecule has 0 unspecified atom stereocenters. The van der Waals surface area contributed by atoms with Gasteiger partial charge in [-0.15, -0.1) is 0 Å². The fourth-order valence-corrected chi connectivity index (χ4v) is 4.82. The molecule has 2 heterocycles. The van der Waals surface area contributed by atoms with E-state index in [9.17, 15) is 9.59 Å². The van der Waals surface area contributed by atoms with Crippen LogP contribution in [0.3, 0.4) is 0 Å². The van der Waals surface area contributed by atoms with Crippen molar-refractivity contribution in [3.63, 3.8) is 0 Å². The van der Waals surface area contributed by atoms with Gasteiger partial charge in [0.15, 0.2) is 10.3 Å². The Morgan fingerprint density at radius 3 is 2.84 bits per heavy atom. The van der Waals surface area contributed by atoms with Crippen LogP contribution in [0.15, 0.2) is 58.5 Å². The molecule has 0 fully saturated rings. The SMILES string of the molecule is COc1cccc(CSc2nc(CC(=O)Nc3nc4c(C)cccc4s3)cc(=O)[nH]2)c1. The van der Waals surface area contributed by atoms with E-state index in [1.165, 1.54) is 29.2 Å². The Labute approximate surface area is 186 Å². The van der Waals surface area contributed by atoms with Crippen LogP contribution in [0.1, 0.15) is 16.8 Å². The lowest BCUT2D eigenvalue weighted by Crippen LogP contribution is -2.18. The van der Waals surface area contributed by atoms with E-state index in [0.29, 0.717) is 21.7 Å².